The summed E-state index contributed by atoms with van der Waals surface area (Å²) >= 11 is 0. The molecule has 0 aromatic carbocycles. The van der Waals surface area contributed by atoms with E-state index in [2.05, 4.69) is 19.9 Å². The van der Waals surface area contributed by atoms with Gasteiger partial charge in [0.1, 0.15) is 11.7 Å². The maximum Gasteiger partial charge on any atom is 0.118 e. The molecule has 1 rings (SSSR count). The first kappa shape index (κ1) is 10.5. The minimum Gasteiger partial charge on any atom is -0.374 e. The van der Waals surface area contributed by atoms with E-state index in [4.69, 9.17) is 9.47 Å². The third-order valence-electron chi connectivity index (χ3n) is 2.71. The molecule has 1 aliphatic rings. The Morgan fingerprint density at radius 2 is 1.92 bits per heavy atom. The van der Waals surface area contributed by atoms with Crippen molar-refractivity contribution in [3.05, 3.63) is 24.3 Å². The highest BCUT2D eigenvalue weighted by atomic mass is 16.5. The van der Waals surface area contributed by atoms with Gasteiger partial charge in [-0.3, -0.25) is 0 Å². The van der Waals surface area contributed by atoms with E-state index in [-0.39, 0.29) is 11.7 Å². The summed E-state index contributed by atoms with van der Waals surface area (Å²) in [6.07, 6.45) is 8.13. The predicted molar refractivity (Wildman–Crippen MR) is 53.7 cm³/mol. The van der Waals surface area contributed by atoms with Crippen molar-refractivity contribution in [1.82, 2.24) is 0 Å². The van der Waals surface area contributed by atoms with Crippen LogP contribution in [0.3, 0.4) is 0 Å². The first-order valence-corrected chi connectivity index (χ1v) is 4.61. The molecule has 0 radical (unpaired) electrons. The average Bonchev–Trinajstić information content (AvgIpc) is 2.17. The SMILES string of the molecule is COC1C=CC=CC1(OC)C(C)C. The van der Waals surface area contributed by atoms with Crippen molar-refractivity contribution >= 4 is 0 Å². The number of rotatable bonds is 3. The predicted octanol–water partition coefficient (Wildman–Crippen LogP) is 2.17. The molecule has 2 nitrogen and oxygen atoms in total. The lowest BCUT2D eigenvalue weighted by molar-refractivity contribution is -0.0930. The van der Waals surface area contributed by atoms with Gasteiger partial charge in [0.15, 0.2) is 0 Å². The van der Waals surface area contributed by atoms with E-state index < -0.39 is 0 Å². The molecule has 0 saturated carbocycles. The number of hydrogen-bond acceptors (Lipinski definition) is 2. The van der Waals surface area contributed by atoms with Gasteiger partial charge in [-0.25, -0.2) is 0 Å². The van der Waals surface area contributed by atoms with Gasteiger partial charge in [0, 0.05) is 14.2 Å². The fraction of sp³-hybridized carbons (Fsp3) is 0.636. The van der Waals surface area contributed by atoms with Crippen LogP contribution >= 0.6 is 0 Å². The molecule has 0 N–H and O–H groups in total. The second kappa shape index (κ2) is 4.07. The van der Waals surface area contributed by atoms with Crippen molar-refractivity contribution in [2.24, 2.45) is 5.92 Å². The lowest BCUT2D eigenvalue weighted by Gasteiger charge is -2.39. The molecular weight excluding hydrogens is 164 g/mol. The Morgan fingerprint density at radius 1 is 1.23 bits per heavy atom. The summed E-state index contributed by atoms with van der Waals surface area (Å²) < 4.78 is 11.0. The van der Waals surface area contributed by atoms with Crippen molar-refractivity contribution < 1.29 is 9.47 Å². The second-order valence-corrected chi connectivity index (χ2v) is 3.61. The number of ether oxygens (including phenoxy) is 2. The first-order chi connectivity index (χ1) is 6.17. The van der Waals surface area contributed by atoms with Crippen LogP contribution in [0, 0.1) is 5.92 Å². The van der Waals surface area contributed by atoms with Gasteiger partial charge in [-0.1, -0.05) is 32.1 Å². The number of methoxy groups -OCH3 is 2. The highest BCUT2D eigenvalue weighted by Gasteiger charge is 2.39. The van der Waals surface area contributed by atoms with Gasteiger partial charge in [-0.2, -0.15) is 0 Å². The summed E-state index contributed by atoms with van der Waals surface area (Å²) in [7, 11) is 3.44. The zero-order chi connectivity index (χ0) is 9.90. The minimum absolute atomic E-state index is 0.0162. The fourth-order valence-electron chi connectivity index (χ4n) is 1.82. The van der Waals surface area contributed by atoms with E-state index >= 15 is 0 Å². The fourth-order valence-corrected chi connectivity index (χ4v) is 1.82. The lowest BCUT2D eigenvalue weighted by Crippen LogP contribution is -2.47. The Balaban J connectivity index is 2.95. The quantitative estimate of drug-likeness (QED) is 0.666. The molecule has 2 atom stereocenters. The standard InChI is InChI=1S/C11H18O2/c1-9(2)11(13-4)8-6-5-7-10(11)12-3/h5-10H,1-4H3. The molecule has 0 bridgehead atoms. The molecule has 2 heteroatoms. The molecule has 0 amide bonds. The van der Waals surface area contributed by atoms with E-state index in [0.29, 0.717) is 5.92 Å². The van der Waals surface area contributed by atoms with Crippen LogP contribution in [0.4, 0.5) is 0 Å². The summed E-state index contributed by atoms with van der Waals surface area (Å²) in [5.41, 5.74) is -0.302. The maximum absolute atomic E-state index is 5.58. The summed E-state index contributed by atoms with van der Waals surface area (Å²) in [6, 6.07) is 0. The molecule has 0 fully saturated rings. The van der Waals surface area contributed by atoms with Gasteiger partial charge in [-0.15, -0.1) is 0 Å². The zero-order valence-electron chi connectivity index (χ0n) is 8.78. The van der Waals surface area contributed by atoms with Crippen molar-refractivity contribution in [3.63, 3.8) is 0 Å². The molecule has 0 saturated heterocycles. The highest BCUT2D eigenvalue weighted by Crippen LogP contribution is 2.31. The van der Waals surface area contributed by atoms with E-state index in [1.165, 1.54) is 0 Å². The molecule has 74 valence electrons. The Morgan fingerprint density at radius 3 is 2.31 bits per heavy atom. The van der Waals surface area contributed by atoms with Crippen molar-refractivity contribution in [3.8, 4) is 0 Å². The number of allylic oxidation sites excluding steroid dienone is 2. The summed E-state index contributed by atoms with van der Waals surface area (Å²) in [6.45, 7) is 4.28. The average molecular weight is 182 g/mol. The van der Waals surface area contributed by atoms with Crippen molar-refractivity contribution in [2.45, 2.75) is 25.6 Å². The van der Waals surface area contributed by atoms with E-state index in [9.17, 15) is 0 Å². The molecule has 0 spiro atoms. The van der Waals surface area contributed by atoms with Crippen LogP contribution < -0.4 is 0 Å². The summed E-state index contributed by atoms with van der Waals surface area (Å²) in [4.78, 5) is 0. The van der Waals surface area contributed by atoms with Crippen LogP contribution in [0.2, 0.25) is 0 Å². The maximum atomic E-state index is 5.58. The summed E-state index contributed by atoms with van der Waals surface area (Å²) in [5, 5.41) is 0. The van der Waals surface area contributed by atoms with Gasteiger partial charge in [0.2, 0.25) is 0 Å². The van der Waals surface area contributed by atoms with Crippen molar-refractivity contribution in [1.29, 1.82) is 0 Å². The monoisotopic (exact) mass is 182 g/mol. The Hall–Kier alpha value is -0.600. The Kier molecular flexibility index (Phi) is 3.28. The summed E-state index contributed by atoms with van der Waals surface area (Å²) in [5.74, 6) is 0.392. The number of hydrogen-bond donors (Lipinski definition) is 0. The van der Waals surface area contributed by atoms with E-state index in [1.54, 1.807) is 14.2 Å². The molecule has 0 aromatic heterocycles. The van der Waals surface area contributed by atoms with E-state index in [0.717, 1.165) is 0 Å². The van der Waals surface area contributed by atoms with Gasteiger partial charge in [0.05, 0.1) is 0 Å². The topological polar surface area (TPSA) is 18.5 Å². The first-order valence-electron chi connectivity index (χ1n) is 4.61. The van der Waals surface area contributed by atoms with Crippen LogP contribution in [-0.2, 0) is 9.47 Å². The van der Waals surface area contributed by atoms with Crippen LogP contribution in [-0.4, -0.2) is 25.9 Å². The molecule has 1 aliphatic carbocycles. The highest BCUT2D eigenvalue weighted by molar-refractivity contribution is 5.24. The molecule has 2 unspecified atom stereocenters. The normalized spacial score (nSPS) is 32.8. The van der Waals surface area contributed by atoms with Crippen LogP contribution in [0.5, 0.6) is 0 Å². The van der Waals surface area contributed by atoms with Crippen molar-refractivity contribution in [2.75, 3.05) is 14.2 Å². The molecule has 13 heavy (non-hydrogen) atoms. The van der Waals surface area contributed by atoms with Crippen LogP contribution in [0.1, 0.15) is 13.8 Å². The second-order valence-electron chi connectivity index (χ2n) is 3.61. The third-order valence-corrected chi connectivity index (χ3v) is 2.71. The molecular formula is C11H18O2. The Labute approximate surface area is 80.2 Å². The lowest BCUT2D eigenvalue weighted by atomic mass is 9.82. The molecule has 0 heterocycles. The van der Waals surface area contributed by atoms with Gasteiger partial charge >= 0.3 is 0 Å². The van der Waals surface area contributed by atoms with Gasteiger partial charge in [-0.05, 0) is 12.0 Å². The third kappa shape index (κ3) is 1.69. The Bertz CT molecular complexity index is 218. The van der Waals surface area contributed by atoms with Gasteiger partial charge in [0.25, 0.3) is 0 Å². The zero-order valence-corrected chi connectivity index (χ0v) is 8.78. The minimum atomic E-state index is -0.302. The smallest absolute Gasteiger partial charge is 0.118 e. The molecule has 0 aliphatic heterocycles. The molecule has 0 aromatic rings. The van der Waals surface area contributed by atoms with Crippen LogP contribution in [0.25, 0.3) is 0 Å². The van der Waals surface area contributed by atoms with Crippen LogP contribution in [0.15, 0.2) is 24.3 Å². The van der Waals surface area contributed by atoms with Gasteiger partial charge < -0.3 is 9.47 Å². The van der Waals surface area contributed by atoms with E-state index in [1.807, 2.05) is 18.2 Å². The largest absolute Gasteiger partial charge is 0.374 e.